The first-order valence-corrected chi connectivity index (χ1v) is 7.40. The van der Waals surface area contributed by atoms with Gasteiger partial charge >= 0.3 is 0 Å². The molecule has 0 aliphatic heterocycles. The van der Waals surface area contributed by atoms with Crippen molar-refractivity contribution >= 4 is 21.6 Å². The molecule has 112 valence electrons. The predicted octanol–water partition coefficient (Wildman–Crippen LogP) is 5.30. The van der Waals surface area contributed by atoms with Crippen molar-refractivity contribution in [2.45, 2.75) is 19.4 Å². The van der Waals surface area contributed by atoms with E-state index in [2.05, 4.69) is 21.2 Å². The normalized spacial score (nSPS) is 12.0. The molecule has 0 saturated heterocycles. The highest BCUT2D eigenvalue weighted by Crippen LogP contribution is 2.32. The SMILES string of the molecule is CCC(Nc1cc(F)c(Br)cc1F)c1ccccc1OC. The number of halogens is 3. The minimum Gasteiger partial charge on any atom is -0.496 e. The minimum absolute atomic E-state index is 0.107. The lowest BCUT2D eigenvalue weighted by atomic mass is 10.0. The molecule has 0 amide bonds. The van der Waals surface area contributed by atoms with Crippen LogP contribution in [-0.4, -0.2) is 7.11 Å². The summed E-state index contributed by atoms with van der Waals surface area (Å²) in [7, 11) is 1.59. The lowest BCUT2D eigenvalue weighted by molar-refractivity contribution is 0.406. The third-order valence-corrected chi connectivity index (χ3v) is 3.87. The second kappa shape index (κ2) is 6.89. The molecule has 5 heteroatoms. The maximum absolute atomic E-state index is 13.9. The van der Waals surface area contributed by atoms with Gasteiger partial charge in [0.05, 0.1) is 23.3 Å². The predicted molar refractivity (Wildman–Crippen MR) is 83.7 cm³/mol. The zero-order valence-corrected chi connectivity index (χ0v) is 13.4. The lowest BCUT2D eigenvalue weighted by Crippen LogP contribution is -2.12. The van der Waals surface area contributed by atoms with Crippen molar-refractivity contribution < 1.29 is 13.5 Å². The van der Waals surface area contributed by atoms with Crippen molar-refractivity contribution in [1.29, 1.82) is 0 Å². The summed E-state index contributed by atoms with van der Waals surface area (Å²) in [6.07, 6.45) is 0.706. The Morgan fingerprint density at radius 3 is 2.57 bits per heavy atom. The standard InChI is InChI=1S/C16H16BrF2NO/c1-3-14(10-6-4-5-7-16(10)21-2)20-15-9-12(18)11(17)8-13(15)19/h4-9,14,20H,3H2,1-2H3. The number of methoxy groups -OCH3 is 1. The van der Waals surface area contributed by atoms with Gasteiger partial charge in [-0.15, -0.1) is 0 Å². The molecule has 2 aromatic rings. The highest BCUT2D eigenvalue weighted by molar-refractivity contribution is 9.10. The molecule has 0 fully saturated rings. The zero-order valence-electron chi connectivity index (χ0n) is 11.8. The third-order valence-electron chi connectivity index (χ3n) is 3.26. The summed E-state index contributed by atoms with van der Waals surface area (Å²) in [5.41, 5.74) is 1.04. The highest BCUT2D eigenvalue weighted by atomic mass is 79.9. The molecule has 2 aromatic carbocycles. The molecular weight excluding hydrogens is 340 g/mol. The van der Waals surface area contributed by atoms with Gasteiger partial charge in [-0.3, -0.25) is 0 Å². The van der Waals surface area contributed by atoms with Crippen LogP contribution in [-0.2, 0) is 0 Å². The van der Waals surface area contributed by atoms with Gasteiger partial charge in [0.15, 0.2) is 0 Å². The van der Waals surface area contributed by atoms with Crippen LogP contribution in [0.3, 0.4) is 0 Å². The Hall–Kier alpha value is -1.62. The lowest BCUT2D eigenvalue weighted by Gasteiger charge is -2.21. The van der Waals surface area contributed by atoms with E-state index in [0.717, 1.165) is 23.4 Å². The molecular formula is C16H16BrF2NO. The summed E-state index contributed by atoms with van der Waals surface area (Å²) in [5.74, 6) is -0.291. The van der Waals surface area contributed by atoms with Crippen LogP contribution in [0.15, 0.2) is 40.9 Å². The monoisotopic (exact) mass is 355 g/mol. The maximum atomic E-state index is 13.9. The topological polar surface area (TPSA) is 21.3 Å². The molecule has 1 unspecified atom stereocenters. The van der Waals surface area contributed by atoms with Crippen molar-refractivity contribution in [1.82, 2.24) is 0 Å². The zero-order chi connectivity index (χ0) is 15.4. The molecule has 0 spiro atoms. The smallest absolute Gasteiger partial charge is 0.147 e. The van der Waals surface area contributed by atoms with Crippen LogP contribution in [0.4, 0.5) is 14.5 Å². The van der Waals surface area contributed by atoms with Crippen molar-refractivity contribution in [3.8, 4) is 5.75 Å². The summed E-state index contributed by atoms with van der Waals surface area (Å²) in [4.78, 5) is 0. The van der Waals surface area contributed by atoms with E-state index >= 15 is 0 Å². The van der Waals surface area contributed by atoms with Crippen LogP contribution < -0.4 is 10.1 Å². The van der Waals surface area contributed by atoms with Gasteiger partial charge in [-0.2, -0.15) is 0 Å². The molecule has 0 heterocycles. The van der Waals surface area contributed by atoms with E-state index in [9.17, 15) is 8.78 Å². The van der Waals surface area contributed by atoms with E-state index in [4.69, 9.17) is 4.74 Å². The van der Waals surface area contributed by atoms with Gasteiger partial charge in [0.2, 0.25) is 0 Å². The van der Waals surface area contributed by atoms with Crippen molar-refractivity contribution in [2.75, 3.05) is 12.4 Å². The fourth-order valence-corrected chi connectivity index (χ4v) is 2.49. The maximum Gasteiger partial charge on any atom is 0.147 e. The second-order valence-electron chi connectivity index (χ2n) is 4.59. The number of benzene rings is 2. The molecule has 0 radical (unpaired) electrons. The first-order valence-electron chi connectivity index (χ1n) is 6.60. The Morgan fingerprint density at radius 2 is 1.90 bits per heavy atom. The van der Waals surface area contributed by atoms with E-state index in [1.807, 2.05) is 31.2 Å². The number of anilines is 1. The van der Waals surface area contributed by atoms with Gasteiger partial charge in [0.1, 0.15) is 17.4 Å². The van der Waals surface area contributed by atoms with Crippen molar-refractivity contribution in [2.24, 2.45) is 0 Å². The Bertz CT molecular complexity index is 634. The molecule has 0 saturated carbocycles. The average Bonchev–Trinajstić information content (AvgIpc) is 2.49. The highest BCUT2D eigenvalue weighted by Gasteiger charge is 2.16. The number of rotatable bonds is 5. The van der Waals surface area contributed by atoms with Crippen molar-refractivity contribution in [3.63, 3.8) is 0 Å². The van der Waals surface area contributed by atoms with Gasteiger partial charge in [-0.05, 0) is 34.5 Å². The molecule has 1 N–H and O–H groups in total. The van der Waals surface area contributed by atoms with Crippen LogP contribution in [0.5, 0.6) is 5.75 Å². The van der Waals surface area contributed by atoms with Crippen LogP contribution >= 0.6 is 15.9 Å². The first kappa shape index (κ1) is 15.8. The van der Waals surface area contributed by atoms with Crippen LogP contribution in [0.1, 0.15) is 24.9 Å². The average molecular weight is 356 g/mol. The fraction of sp³-hybridized carbons (Fsp3) is 0.250. The molecule has 1 atom stereocenters. The number of para-hydroxylation sites is 1. The Balaban J connectivity index is 2.33. The van der Waals surface area contributed by atoms with E-state index in [1.165, 1.54) is 0 Å². The van der Waals surface area contributed by atoms with Gasteiger partial charge in [0.25, 0.3) is 0 Å². The molecule has 0 aliphatic rings. The Labute approximate surface area is 131 Å². The summed E-state index contributed by atoms with van der Waals surface area (Å²) in [5, 5.41) is 3.04. The van der Waals surface area contributed by atoms with Crippen LogP contribution in [0.25, 0.3) is 0 Å². The van der Waals surface area contributed by atoms with Crippen molar-refractivity contribution in [3.05, 3.63) is 58.1 Å². The van der Waals surface area contributed by atoms with E-state index in [-0.39, 0.29) is 16.2 Å². The van der Waals surface area contributed by atoms with E-state index < -0.39 is 11.6 Å². The molecule has 21 heavy (non-hydrogen) atoms. The summed E-state index contributed by atoms with van der Waals surface area (Å²) < 4.78 is 32.9. The summed E-state index contributed by atoms with van der Waals surface area (Å²) >= 11 is 2.97. The van der Waals surface area contributed by atoms with Gasteiger partial charge in [-0.25, -0.2) is 8.78 Å². The quantitative estimate of drug-likeness (QED) is 0.734. The van der Waals surface area contributed by atoms with E-state index in [1.54, 1.807) is 7.11 Å². The number of ether oxygens (including phenoxy) is 1. The van der Waals surface area contributed by atoms with Gasteiger partial charge < -0.3 is 10.1 Å². The van der Waals surface area contributed by atoms with Crippen LogP contribution in [0.2, 0.25) is 0 Å². The minimum atomic E-state index is -0.506. The number of hydrogen-bond acceptors (Lipinski definition) is 2. The van der Waals surface area contributed by atoms with Crippen LogP contribution in [0, 0.1) is 11.6 Å². The fourth-order valence-electron chi connectivity index (χ4n) is 2.17. The number of nitrogens with one attached hydrogen (secondary N) is 1. The summed E-state index contributed by atoms with van der Waals surface area (Å²) in [6, 6.07) is 9.61. The first-order chi connectivity index (χ1) is 10.1. The molecule has 2 rings (SSSR count). The second-order valence-corrected chi connectivity index (χ2v) is 5.45. The third kappa shape index (κ3) is 3.53. The Kier molecular flexibility index (Phi) is 5.17. The summed E-state index contributed by atoms with van der Waals surface area (Å²) in [6.45, 7) is 1.97. The van der Waals surface area contributed by atoms with Gasteiger partial charge in [0, 0.05) is 11.6 Å². The van der Waals surface area contributed by atoms with Gasteiger partial charge in [-0.1, -0.05) is 25.1 Å². The molecule has 2 nitrogen and oxygen atoms in total. The molecule has 0 aliphatic carbocycles. The molecule has 0 bridgehead atoms. The number of hydrogen-bond donors (Lipinski definition) is 1. The largest absolute Gasteiger partial charge is 0.496 e. The van der Waals surface area contributed by atoms with E-state index in [0.29, 0.717) is 6.42 Å². The molecule has 0 aromatic heterocycles. The Morgan fingerprint density at radius 1 is 1.19 bits per heavy atom.